The normalized spacial score (nSPS) is 24.7. The summed E-state index contributed by atoms with van der Waals surface area (Å²) in [6.45, 7) is 3.44. The summed E-state index contributed by atoms with van der Waals surface area (Å²) in [5, 5.41) is 0.0440. The fourth-order valence-electron chi connectivity index (χ4n) is 3.33. The van der Waals surface area contributed by atoms with Gasteiger partial charge in [0.05, 0.1) is 15.7 Å². The van der Waals surface area contributed by atoms with Crippen LogP contribution in [0.15, 0.2) is 17.0 Å². The molecule has 0 spiro atoms. The molecular formula is C17H17ClO5S. The molecule has 128 valence electrons. The van der Waals surface area contributed by atoms with Crippen LogP contribution in [0.1, 0.15) is 42.6 Å². The number of carbonyl (C=O) groups is 3. The standard InChI is InChI=1S/C17H17ClO5S/c1-17(2)7-5-11(19)13(16(17)21)15(20)10-3-4-12-9(14(10)18)6-8-24(12,22)23/h3-4,13H,5-8H2,1-2H3. The molecule has 5 nitrogen and oxygen atoms in total. The predicted molar refractivity (Wildman–Crippen MR) is 88.1 cm³/mol. The Balaban J connectivity index is 2.06. The first-order valence-corrected chi connectivity index (χ1v) is 9.75. The van der Waals surface area contributed by atoms with Gasteiger partial charge in [-0.2, -0.15) is 0 Å². The molecule has 1 aliphatic heterocycles. The fourth-order valence-corrected chi connectivity index (χ4v) is 5.28. The van der Waals surface area contributed by atoms with Gasteiger partial charge in [-0.05, 0) is 30.5 Å². The molecule has 7 heteroatoms. The maximum absolute atomic E-state index is 12.8. The van der Waals surface area contributed by atoms with Crippen LogP contribution in [0.5, 0.6) is 0 Å². The molecule has 0 aromatic heterocycles. The highest BCUT2D eigenvalue weighted by Crippen LogP contribution is 2.38. The van der Waals surface area contributed by atoms with Gasteiger partial charge in [0.25, 0.3) is 0 Å². The quantitative estimate of drug-likeness (QED) is 0.591. The van der Waals surface area contributed by atoms with Crippen LogP contribution < -0.4 is 0 Å². The molecule has 1 atom stereocenters. The minimum absolute atomic E-state index is 0.0440. The molecule has 0 radical (unpaired) electrons. The van der Waals surface area contributed by atoms with E-state index in [1.54, 1.807) is 13.8 Å². The van der Waals surface area contributed by atoms with E-state index in [0.717, 1.165) is 0 Å². The maximum atomic E-state index is 12.8. The zero-order chi connectivity index (χ0) is 17.9. The Bertz CT molecular complexity index is 882. The van der Waals surface area contributed by atoms with Gasteiger partial charge in [-0.25, -0.2) is 8.42 Å². The highest BCUT2D eigenvalue weighted by atomic mass is 35.5. The van der Waals surface area contributed by atoms with Crippen molar-refractivity contribution in [3.05, 3.63) is 28.3 Å². The molecule has 2 aliphatic rings. The first-order valence-electron chi connectivity index (χ1n) is 7.71. The summed E-state index contributed by atoms with van der Waals surface area (Å²) < 4.78 is 23.9. The molecule has 1 heterocycles. The Morgan fingerprint density at radius 3 is 2.54 bits per heavy atom. The lowest BCUT2D eigenvalue weighted by Crippen LogP contribution is -2.44. The van der Waals surface area contributed by atoms with Crippen molar-refractivity contribution >= 4 is 38.8 Å². The maximum Gasteiger partial charge on any atom is 0.182 e. The molecule has 0 amide bonds. The van der Waals surface area contributed by atoms with Crippen LogP contribution in [0.2, 0.25) is 5.02 Å². The van der Waals surface area contributed by atoms with Crippen molar-refractivity contribution in [3.8, 4) is 0 Å². The van der Waals surface area contributed by atoms with E-state index in [4.69, 9.17) is 11.6 Å². The van der Waals surface area contributed by atoms with Crippen LogP contribution in [-0.2, 0) is 25.8 Å². The number of ketones is 3. The molecule has 1 fully saturated rings. The van der Waals surface area contributed by atoms with Crippen LogP contribution in [-0.4, -0.2) is 31.5 Å². The van der Waals surface area contributed by atoms with Gasteiger partial charge in [-0.3, -0.25) is 14.4 Å². The number of sulfone groups is 1. The number of hydrogen-bond acceptors (Lipinski definition) is 5. The zero-order valence-electron chi connectivity index (χ0n) is 13.4. The van der Waals surface area contributed by atoms with Crippen LogP contribution in [0.3, 0.4) is 0 Å². The van der Waals surface area contributed by atoms with E-state index in [2.05, 4.69) is 0 Å². The lowest BCUT2D eigenvalue weighted by atomic mass is 9.68. The third-order valence-electron chi connectivity index (χ3n) is 4.93. The second-order valence-corrected chi connectivity index (χ2v) is 9.44. The number of rotatable bonds is 2. The molecular weight excluding hydrogens is 352 g/mol. The Kier molecular flexibility index (Phi) is 3.96. The third kappa shape index (κ3) is 2.52. The number of Topliss-reactive ketones (excluding diaryl/α,β-unsaturated/α-hetero) is 3. The van der Waals surface area contributed by atoms with Crippen molar-refractivity contribution in [2.45, 2.75) is 38.0 Å². The van der Waals surface area contributed by atoms with Crippen molar-refractivity contribution in [3.63, 3.8) is 0 Å². The third-order valence-corrected chi connectivity index (χ3v) is 7.16. The number of benzene rings is 1. The van der Waals surface area contributed by atoms with Crippen LogP contribution in [0, 0.1) is 11.3 Å². The molecule has 1 aromatic rings. The summed E-state index contributed by atoms with van der Waals surface area (Å²) in [4.78, 5) is 37.7. The van der Waals surface area contributed by atoms with E-state index < -0.39 is 38.5 Å². The topological polar surface area (TPSA) is 85.3 Å². The van der Waals surface area contributed by atoms with E-state index in [-0.39, 0.29) is 34.1 Å². The van der Waals surface area contributed by atoms with Crippen LogP contribution >= 0.6 is 11.6 Å². The summed E-state index contributed by atoms with van der Waals surface area (Å²) in [5.74, 6) is -2.81. The van der Waals surface area contributed by atoms with Crippen molar-refractivity contribution in [1.29, 1.82) is 0 Å². The van der Waals surface area contributed by atoms with Gasteiger partial charge in [-0.1, -0.05) is 25.4 Å². The number of halogens is 1. The molecule has 1 unspecified atom stereocenters. The largest absolute Gasteiger partial charge is 0.298 e. The molecule has 0 N–H and O–H groups in total. The second-order valence-electron chi connectivity index (χ2n) is 6.98. The van der Waals surface area contributed by atoms with Gasteiger partial charge in [0.2, 0.25) is 0 Å². The molecule has 24 heavy (non-hydrogen) atoms. The Morgan fingerprint density at radius 2 is 1.88 bits per heavy atom. The molecule has 0 saturated heterocycles. The molecule has 1 aliphatic carbocycles. The van der Waals surface area contributed by atoms with E-state index >= 15 is 0 Å². The van der Waals surface area contributed by atoms with Gasteiger partial charge in [-0.15, -0.1) is 0 Å². The Hall–Kier alpha value is -1.53. The van der Waals surface area contributed by atoms with Crippen molar-refractivity contribution < 1.29 is 22.8 Å². The highest BCUT2D eigenvalue weighted by Gasteiger charge is 2.46. The molecule has 1 aromatic carbocycles. The Morgan fingerprint density at radius 1 is 1.21 bits per heavy atom. The monoisotopic (exact) mass is 368 g/mol. The SMILES string of the molecule is CC1(C)CCC(=O)C(C(=O)c2ccc3c(c2Cl)CCS3(=O)=O)C1=O. The minimum atomic E-state index is -3.37. The lowest BCUT2D eigenvalue weighted by Gasteiger charge is -2.32. The zero-order valence-corrected chi connectivity index (χ0v) is 15.0. The van der Waals surface area contributed by atoms with Gasteiger partial charge in [0.15, 0.2) is 27.2 Å². The van der Waals surface area contributed by atoms with Gasteiger partial charge < -0.3 is 0 Å². The number of carbonyl (C=O) groups excluding carboxylic acids is 3. The van der Waals surface area contributed by atoms with Crippen molar-refractivity contribution in [2.24, 2.45) is 11.3 Å². The molecule has 0 bridgehead atoms. The summed E-state index contributed by atoms with van der Waals surface area (Å²) in [6, 6.07) is 2.66. The first kappa shape index (κ1) is 17.3. The number of fused-ring (bicyclic) bond motifs is 1. The van der Waals surface area contributed by atoms with Gasteiger partial charge in [0, 0.05) is 17.4 Å². The van der Waals surface area contributed by atoms with Crippen LogP contribution in [0.4, 0.5) is 0 Å². The van der Waals surface area contributed by atoms with Gasteiger partial charge in [0.1, 0.15) is 5.92 Å². The van der Waals surface area contributed by atoms with Gasteiger partial charge >= 0.3 is 0 Å². The smallest absolute Gasteiger partial charge is 0.182 e. The average Bonchev–Trinajstić information content (AvgIpc) is 2.81. The van der Waals surface area contributed by atoms with E-state index in [0.29, 0.717) is 12.0 Å². The van der Waals surface area contributed by atoms with E-state index in [1.807, 2.05) is 0 Å². The number of hydrogen-bond donors (Lipinski definition) is 0. The molecule has 1 saturated carbocycles. The van der Waals surface area contributed by atoms with Crippen LogP contribution in [0.25, 0.3) is 0 Å². The predicted octanol–water partition coefficient (Wildman–Crippen LogP) is 2.43. The summed E-state index contributed by atoms with van der Waals surface area (Å²) in [7, 11) is -3.37. The van der Waals surface area contributed by atoms with E-state index in [9.17, 15) is 22.8 Å². The first-order chi connectivity index (χ1) is 11.1. The van der Waals surface area contributed by atoms with Crippen molar-refractivity contribution in [1.82, 2.24) is 0 Å². The fraction of sp³-hybridized carbons (Fsp3) is 0.471. The average molecular weight is 369 g/mol. The lowest BCUT2D eigenvalue weighted by molar-refractivity contribution is -0.140. The summed E-state index contributed by atoms with van der Waals surface area (Å²) >= 11 is 6.25. The highest BCUT2D eigenvalue weighted by molar-refractivity contribution is 7.91. The van der Waals surface area contributed by atoms with E-state index in [1.165, 1.54) is 12.1 Å². The van der Waals surface area contributed by atoms with Crippen molar-refractivity contribution in [2.75, 3.05) is 5.75 Å². The molecule has 3 rings (SSSR count). The minimum Gasteiger partial charge on any atom is -0.298 e. The Labute approximate surface area is 145 Å². The summed E-state index contributed by atoms with van der Waals surface area (Å²) in [6.07, 6.45) is 0.826. The second kappa shape index (κ2) is 5.49. The summed E-state index contributed by atoms with van der Waals surface area (Å²) in [5.41, 5.74) is -0.282.